The van der Waals surface area contributed by atoms with E-state index < -0.39 is 23.5 Å². The molecule has 0 aliphatic rings. The standard InChI is InChI=1S/C13H14O7/c14-6-5-8-7(2-4-10(15)16)1-3-9(12(17)18)11(8)13(19)20/h1,3,14H,2,4-6H2,(H,15,16)(H,17,18)(H,19,20). The quantitative estimate of drug-likeness (QED) is 0.576. The number of rotatable bonds is 7. The highest BCUT2D eigenvalue weighted by Crippen LogP contribution is 2.22. The zero-order chi connectivity index (χ0) is 15.3. The second-order valence-electron chi connectivity index (χ2n) is 4.10. The summed E-state index contributed by atoms with van der Waals surface area (Å²) in [6, 6.07) is 2.54. The van der Waals surface area contributed by atoms with Crippen molar-refractivity contribution >= 4 is 17.9 Å². The average molecular weight is 282 g/mol. The van der Waals surface area contributed by atoms with Crippen molar-refractivity contribution in [2.24, 2.45) is 0 Å². The molecule has 0 spiro atoms. The number of benzene rings is 1. The van der Waals surface area contributed by atoms with E-state index in [1.807, 2.05) is 0 Å². The van der Waals surface area contributed by atoms with Gasteiger partial charge in [-0.2, -0.15) is 0 Å². The van der Waals surface area contributed by atoms with Gasteiger partial charge in [-0.05, 0) is 30.0 Å². The SMILES string of the molecule is O=C(O)CCc1ccc(C(=O)O)c(C(=O)O)c1CCO. The van der Waals surface area contributed by atoms with E-state index in [0.29, 0.717) is 5.56 Å². The van der Waals surface area contributed by atoms with Crippen molar-refractivity contribution in [2.45, 2.75) is 19.3 Å². The van der Waals surface area contributed by atoms with Crippen LogP contribution in [-0.4, -0.2) is 44.9 Å². The molecule has 7 heteroatoms. The Morgan fingerprint density at radius 2 is 1.60 bits per heavy atom. The van der Waals surface area contributed by atoms with Crippen LogP contribution in [0.3, 0.4) is 0 Å². The van der Waals surface area contributed by atoms with Crippen molar-refractivity contribution in [3.05, 3.63) is 34.4 Å². The number of aliphatic carboxylic acids is 1. The Bertz CT molecular complexity index is 548. The molecule has 20 heavy (non-hydrogen) atoms. The summed E-state index contributed by atoms with van der Waals surface area (Å²) in [5.41, 5.74) is -0.181. The monoisotopic (exact) mass is 282 g/mol. The maximum absolute atomic E-state index is 11.3. The number of aliphatic hydroxyl groups excluding tert-OH is 1. The molecule has 0 aromatic heterocycles. The Hall–Kier alpha value is -2.41. The normalized spacial score (nSPS) is 10.2. The lowest BCUT2D eigenvalue weighted by Crippen LogP contribution is -2.15. The molecule has 0 saturated heterocycles. The molecule has 0 bridgehead atoms. The van der Waals surface area contributed by atoms with E-state index >= 15 is 0 Å². The molecule has 0 heterocycles. The van der Waals surface area contributed by atoms with Gasteiger partial charge < -0.3 is 20.4 Å². The Balaban J connectivity index is 3.39. The van der Waals surface area contributed by atoms with E-state index in [4.69, 9.17) is 20.4 Å². The van der Waals surface area contributed by atoms with Crippen molar-refractivity contribution in [1.82, 2.24) is 0 Å². The summed E-state index contributed by atoms with van der Waals surface area (Å²) in [7, 11) is 0. The second-order valence-corrected chi connectivity index (χ2v) is 4.10. The molecule has 0 fully saturated rings. The summed E-state index contributed by atoms with van der Waals surface area (Å²) in [4.78, 5) is 32.9. The average Bonchev–Trinajstić information content (AvgIpc) is 2.36. The van der Waals surface area contributed by atoms with Crippen molar-refractivity contribution in [3.63, 3.8) is 0 Å². The maximum Gasteiger partial charge on any atom is 0.336 e. The van der Waals surface area contributed by atoms with Gasteiger partial charge >= 0.3 is 17.9 Å². The van der Waals surface area contributed by atoms with Gasteiger partial charge in [-0.25, -0.2) is 9.59 Å². The Labute approximate surface area is 114 Å². The van der Waals surface area contributed by atoms with Crippen LogP contribution >= 0.6 is 0 Å². The summed E-state index contributed by atoms with van der Waals surface area (Å²) < 4.78 is 0. The fourth-order valence-corrected chi connectivity index (χ4v) is 1.99. The molecule has 0 aliphatic heterocycles. The number of aryl methyl sites for hydroxylation is 1. The van der Waals surface area contributed by atoms with Gasteiger partial charge in [0, 0.05) is 13.0 Å². The van der Waals surface area contributed by atoms with Gasteiger partial charge in [0.05, 0.1) is 11.1 Å². The number of carbonyl (C=O) groups is 3. The number of carboxylic acids is 3. The van der Waals surface area contributed by atoms with Crippen LogP contribution in [0.2, 0.25) is 0 Å². The van der Waals surface area contributed by atoms with Crippen LogP contribution in [-0.2, 0) is 17.6 Å². The minimum Gasteiger partial charge on any atom is -0.481 e. The van der Waals surface area contributed by atoms with Gasteiger partial charge in [-0.15, -0.1) is 0 Å². The Morgan fingerprint density at radius 3 is 2.05 bits per heavy atom. The molecular weight excluding hydrogens is 268 g/mol. The van der Waals surface area contributed by atoms with Gasteiger partial charge in [0.2, 0.25) is 0 Å². The topological polar surface area (TPSA) is 132 Å². The first-order valence-electron chi connectivity index (χ1n) is 5.82. The fourth-order valence-electron chi connectivity index (χ4n) is 1.99. The van der Waals surface area contributed by atoms with E-state index in [9.17, 15) is 14.4 Å². The number of aromatic carboxylic acids is 2. The van der Waals surface area contributed by atoms with Crippen LogP contribution in [0.15, 0.2) is 12.1 Å². The number of carboxylic acid groups (broad SMARTS) is 3. The lowest BCUT2D eigenvalue weighted by molar-refractivity contribution is -0.136. The summed E-state index contributed by atoms with van der Waals surface area (Å²) in [6.45, 7) is -0.358. The van der Waals surface area contributed by atoms with Crippen molar-refractivity contribution in [2.75, 3.05) is 6.61 Å². The third kappa shape index (κ3) is 3.55. The molecule has 0 atom stereocenters. The largest absolute Gasteiger partial charge is 0.481 e. The summed E-state index contributed by atoms with van der Waals surface area (Å²) in [6.07, 6.45) is -0.174. The highest BCUT2D eigenvalue weighted by atomic mass is 16.4. The van der Waals surface area contributed by atoms with Gasteiger partial charge in [0.15, 0.2) is 0 Å². The van der Waals surface area contributed by atoms with Crippen LogP contribution in [0.5, 0.6) is 0 Å². The number of hydrogen-bond acceptors (Lipinski definition) is 4. The Kier molecular flexibility index (Phi) is 5.22. The number of hydrogen-bond donors (Lipinski definition) is 4. The fraction of sp³-hybridized carbons (Fsp3) is 0.308. The third-order valence-corrected chi connectivity index (χ3v) is 2.82. The molecule has 1 aromatic rings. The molecule has 4 N–H and O–H groups in total. The lowest BCUT2D eigenvalue weighted by atomic mass is 9.91. The van der Waals surface area contributed by atoms with Crippen molar-refractivity contribution in [3.8, 4) is 0 Å². The van der Waals surface area contributed by atoms with Crippen LogP contribution < -0.4 is 0 Å². The van der Waals surface area contributed by atoms with Crippen LogP contribution in [0.25, 0.3) is 0 Å². The zero-order valence-electron chi connectivity index (χ0n) is 10.5. The van der Waals surface area contributed by atoms with Gasteiger partial charge in [0.1, 0.15) is 0 Å². The van der Waals surface area contributed by atoms with E-state index in [0.717, 1.165) is 6.07 Å². The number of aliphatic hydroxyl groups is 1. The highest BCUT2D eigenvalue weighted by molar-refractivity contribution is 6.03. The molecule has 0 unspecified atom stereocenters. The molecule has 0 radical (unpaired) electrons. The minimum atomic E-state index is -1.41. The molecule has 7 nitrogen and oxygen atoms in total. The van der Waals surface area contributed by atoms with E-state index in [-0.39, 0.29) is 37.0 Å². The minimum absolute atomic E-state index is 0.0439. The summed E-state index contributed by atoms with van der Waals surface area (Å²) in [5, 5.41) is 35.8. The smallest absolute Gasteiger partial charge is 0.336 e. The van der Waals surface area contributed by atoms with Crippen molar-refractivity contribution < 1.29 is 34.8 Å². The first-order chi connectivity index (χ1) is 9.38. The lowest BCUT2D eigenvalue weighted by Gasteiger charge is -2.13. The van der Waals surface area contributed by atoms with E-state index in [1.165, 1.54) is 6.07 Å². The Morgan fingerprint density at radius 1 is 0.950 bits per heavy atom. The summed E-state index contributed by atoms with van der Waals surface area (Å²) in [5.74, 6) is -3.84. The molecule has 108 valence electrons. The maximum atomic E-state index is 11.3. The molecule has 0 aliphatic carbocycles. The van der Waals surface area contributed by atoms with Crippen LogP contribution in [0.4, 0.5) is 0 Å². The summed E-state index contributed by atoms with van der Waals surface area (Å²) >= 11 is 0. The van der Waals surface area contributed by atoms with Crippen LogP contribution in [0.1, 0.15) is 38.3 Å². The van der Waals surface area contributed by atoms with Gasteiger partial charge in [-0.1, -0.05) is 6.07 Å². The first kappa shape index (κ1) is 15.6. The van der Waals surface area contributed by atoms with E-state index in [1.54, 1.807) is 0 Å². The zero-order valence-corrected chi connectivity index (χ0v) is 10.5. The molecule has 1 aromatic carbocycles. The van der Waals surface area contributed by atoms with Gasteiger partial charge in [0.25, 0.3) is 0 Å². The van der Waals surface area contributed by atoms with Crippen molar-refractivity contribution in [1.29, 1.82) is 0 Å². The highest BCUT2D eigenvalue weighted by Gasteiger charge is 2.22. The first-order valence-corrected chi connectivity index (χ1v) is 5.82. The van der Waals surface area contributed by atoms with Gasteiger partial charge in [-0.3, -0.25) is 4.79 Å². The molecule has 0 saturated carbocycles. The predicted molar refractivity (Wildman–Crippen MR) is 67.1 cm³/mol. The molecule has 0 amide bonds. The second kappa shape index (κ2) is 6.67. The third-order valence-electron chi connectivity index (χ3n) is 2.82. The molecular formula is C13H14O7. The molecule has 1 rings (SSSR count). The van der Waals surface area contributed by atoms with Crippen LogP contribution in [0, 0.1) is 0 Å². The predicted octanol–water partition coefficient (Wildman–Crippen LogP) is 0.635. The van der Waals surface area contributed by atoms with E-state index in [2.05, 4.69) is 0 Å².